The van der Waals surface area contributed by atoms with Crippen LogP contribution in [0.25, 0.3) is 6.08 Å². The average molecular weight is 1240 g/mol. The second-order valence-electron chi connectivity index (χ2n) is 19.6. The van der Waals surface area contributed by atoms with Crippen LogP contribution in [0.1, 0.15) is 67.7 Å². The second kappa shape index (κ2) is 35.8. The molecule has 0 radical (unpaired) electrons. The van der Waals surface area contributed by atoms with E-state index in [4.69, 9.17) is 62.3 Å². The maximum absolute atomic E-state index is 13.3. The molecule has 15 nitrogen and oxygen atoms in total. The van der Waals surface area contributed by atoms with E-state index in [0.717, 1.165) is 34.0 Å². The van der Waals surface area contributed by atoms with Crippen molar-refractivity contribution in [1.82, 2.24) is 9.80 Å². The molecule has 2 amide bonds. The van der Waals surface area contributed by atoms with E-state index in [1.807, 2.05) is 84.9 Å². The van der Waals surface area contributed by atoms with Crippen LogP contribution in [0.2, 0.25) is 0 Å². The molecule has 8 rings (SSSR count). The van der Waals surface area contributed by atoms with Crippen LogP contribution in [0, 0.1) is 23.5 Å². The quantitative estimate of drug-likeness (QED) is 0.0238. The first-order chi connectivity index (χ1) is 41.1. The van der Waals surface area contributed by atoms with E-state index in [2.05, 4.69) is 32.4 Å². The van der Waals surface area contributed by atoms with Crippen LogP contribution < -0.4 is 23.7 Å². The highest BCUT2D eigenvalue weighted by atomic mass is 32.2. The first-order valence-corrected chi connectivity index (χ1v) is 29.7. The molecule has 2 aliphatic rings. The maximum Gasteiger partial charge on any atom is 0.294 e. The van der Waals surface area contributed by atoms with Crippen LogP contribution in [-0.4, -0.2) is 109 Å². The number of hydrogen-bond donors (Lipinski definition) is 0. The Morgan fingerprint density at radius 1 is 0.576 bits per heavy atom. The molecule has 0 aliphatic carbocycles. The maximum atomic E-state index is 13.3. The van der Waals surface area contributed by atoms with Gasteiger partial charge in [-0.15, -0.1) is 0 Å². The molecule has 0 saturated carbocycles. The van der Waals surface area contributed by atoms with Crippen LogP contribution in [0.5, 0.6) is 28.7 Å². The van der Waals surface area contributed by atoms with Crippen molar-refractivity contribution in [3.05, 3.63) is 190 Å². The van der Waals surface area contributed by atoms with Crippen molar-refractivity contribution in [3.63, 3.8) is 0 Å². The summed E-state index contributed by atoms with van der Waals surface area (Å²) in [5, 5.41) is 0. The van der Waals surface area contributed by atoms with E-state index < -0.39 is 6.10 Å². The van der Waals surface area contributed by atoms with E-state index in [1.165, 1.54) is 45.8 Å². The Morgan fingerprint density at radius 2 is 1.06 bits per heavy atom. The zero-order valence-corrected chi connectivity index (χ0v) is 51.0. The van der Waals surface area contributed by atoms with Gasteiger partial charge < -0.3 is 42.6 Å². The summed E-state index contributed by atoms with van der Waals surface area (Å²) in [6.45, 7) is 11.5. The van der Waals surface area contributed by atoms with E-state index in [9.17, 15) is 28.0 Å². The molecular formula is C64H68F2N2O13S4. The Hall–Kier alpha value is -7.40. The van der Waals surface area contributed by atoms with Gasteiger partial charge in [-0.25, -0.2) is 8.78 Å². The lowest BCUT2D eigenvalue weighted by Crippen LogP contribution is -2.30. The number of ether oxygens (including phenoxy) is 9. The highest BCUT2D eigenvalue weighted by molar-refractivity contribution is 8.26. The number of rotatable bonds is 30. The third-order valence-corrected chi connectivity index (χ3v) is 14.9. The largest absolute Gasteiger partial charge is 0.497 e. The predicted molar refractivity (Wildman–Crippen MR) is 333 cm³/mol. The summed E-state index contributed by atoms with van der Waals surface area (Å²) >= 11 is 12.5. The second-order valence-corrected chi connectivity index (χ2v) is 22.9. The minimum atomic E-state index is -0.418. The van der Waals surface area contributed by atoms with Gasteiger partial charge in [0.2, 0.25) is 5.91 Å². The number of nitrogens with zero attached hydrogens (tertiary/aromatic N) is 2. The lowest BCUT2D eigenvalue weighted by Gasteiger charge is -2.22. The molecule has 21 heteroatoms. The van der Waals surface area contributed by atoms with Gasteiger partial charge in [-0.1, -0.05) is 167 Å². The topological polar surface area (TPSA) is 158 Å². The smallest absolute Gasteiger partial charge is 0.294 e. The van der Waals surface area contributed by atoms with Gasteiger partial charge in [0.15, 0.2) is 40.8 Å². The molecule has 2 fully saturated rings. The Bertz CT molecular complexity index is 3110. The Kier molecular flexibility index (Phi) is 28.1. The Balaban J connectivity index is 0.000000236. The van der Waals surface area contributed by atoms with Gasteiger partial charge in [0.05, 0.1) is 44.2 Å². The molecule has 0 spiro atoms. The van der Waals surface area contributed by atoms with Crippen molar-refractivity contribution in [2.75, 3.05) is 66.0 Å². The molecule has 85 heavy (non-hydrogen) atoms. The number of halogens is 2. The molecule has 2 heterocycles. The highest BCUT2D eigenvalue weighted by Crippen LogP contribution is 2.38. The number of thioether (sulfide) groups is 2. The summed E-state index contributed by atoms with van der Waals surface area (Å²) in [6, 6.07) is 43.5. The van der Waals surface area contributed by atoms with E-state index >= 15 is 0 Å². The highest BCUT2D eigenvalue weighted by Gasteiger charge is 2.33. The van der Waals surface area contributed by atoms with Crippen molar-refractivity contribution in [1.29, 1.82) is 0 Å². The van der Waals surface area contributed by atoms with Crippen molar-refractivity contribution in [3.8, 4) is 28.7 Å². The molecule has 2 atom stereocenters. The summed E-state index contributed by atoms with van der Waals surface area (Å²) in [5.41, 5.74) is 4.62. The van der Waals surface area contributed by atoms with E-state index in [1.54, 1.807) is 49.6 Å². The van der Waals surface area contributed by atoms with Crippen LogP contribution >= 0.6 is 48.0 Å². The Labute approximate surface area is 514 Å². The number of amides is 2. The van der Waals surface area contributed by atoms with Gasteiger partial charge in [0.1, 0.15) is 33.9 Å². The van der Waals surface area contributed by atoms with Crippen molar-refractivity contribution in [2.45, 2.75) is 52.7 Å². The molecule has 2 unspecified atom stereocenters. The van der Waals surface area contributed by atoms with Crippen LogP contribution in [-0.2, 0) is 51.0 Å². The molecule has 0 N–H and O–H groups in total. The summed E-state index contributed by atoms with van der Waals surface area (Å²) in [7, 11) is 1.62. The van der Waals surface area contributed by atoms with E-state index in [0.29, 0.717) is 124 Å². The fourth-order valence-corrected chi connectivity index (χ4v) is 10.1. The standard InChI is InChI=1S/C32H32FNO6S2.C27H31FO4.C5H5NO3S2/c1-22(2)18-37-19-29(25-6-4-3-5-7-25)40-28-16-24(17-30-31(36)34(20-38-21-35)32(41)42-30)10-13-27(28)39-15-14-23-8-11-26(33)12-9-23;1-20(2)18-30-19-27(22-7-5-4-6-8-22)32-26-17-24(29-3)13-14-25(26)31-16-15-21-9-11-23(28)12-10-21;7-3-9-2-6-4(8)1-11-5(6)10/h3-13,16-17,21-22,29H,14-15,18-20H2,1-2H3;4-14,17,20,27H,15-16,18-19H2,1-3H3;3H,1-2H2/b30-17-;;. The van der Waals surface area contributed by atoms with Crippen molar-refractivity contribution < 1.29 is 70.6 Å². The fourth-order valence-electron chi connectivity index (χ4n) is 7.85. The van der Waals surface area contributed by atoms with Gasteiger partial charge in [0.25, 0.3) is 18.9 Å². The number of carbonyl (C=O) groups excluding carboxylic acids is 4. The molecular weight excluding hydrogens is 1170 g/mol. The van der Waals surface area contributed by atoms with Crippen LogP contribution in [0.4, 0.5) is 8.78 Å². The number of hydrogen-bond acceptors (Lipinski definition) is 17. The predicted octanol–water partition coefficient (Wildman–Crippen LogP) is 12.8. The number of benzene rings is 6. The first kappa shape index (κ1) is 66.7. The van der Waals surface area contributed by atoms with Crippen LogP contribution in [0.15, 0.2) is 150 Å². The molecule has 6 aromatic rings. The van der Waals surface area contributed by atoms with Gasteiger partial charge >= 0.3 is 0 Å². The number of methoxy groups -OCH3 is 1. The Morgan fingerprint density at radius 3 is 1.52 bits per heavy atom. The van der Waals surface area contributed by atoms with Gasteiger partial charge in [-0.3, -0.25) is 29.0 Å². The third-order valence-electron chi connectivity index (χ3n) is 12.1. The van der Waals surface area contributed by atoms with Crippen molar-refractivity contribution >= 4 is 87.4 Å². The third kappa shape index (κ3) is 22.5. The van der Waals surface area contributed by atoms with Crippen molar-refractivity contribution in [2.24, 2.45) is 11.8 Å². The van der Waals surface area contributed by atoms with Gasteiger partial charge in [-0.05, 0) is 94.3 Å². The summed E-state index contributed by atoms with van der Waals surface area (Å²) < 4.78 is 78.7. The molecule has 2 saturated heterocycles. The summed E-state index contributed by atoms with van der Waals surface area (Å²) in [6.07, 6.45) is 2.24. The molecule has 0 aromatic heterocycles. The zero-order valence-electron chi connectivity index (χ0n) is 47.8. The zero-order chi connectivity index (χ0) is 60.9. The van der Waals surface area contributed by atoms with Crippen LogP contribution in [0.3, 0.4) is 0 Å². The monoisotopic (exact) mass is 1240 g/mol. The number of thiocarbonyl (C=S) groups is 2. The number of carbonyl (C=O) groups is 4. The normalized spacial score (nSPS) is 14.1. The fraction of sp³-hybridized carbons (Fsp3) is 0.312. The lowest BCUT2D eigenvalue weighted by atomic mass is 10.1. The summed E-state index contributed by atoms with van der Waals surface area (Å²) in [4.78, 5) is 47.0. The first-order valence-electron chi connectivity index (χ1n) is 27.1. The van der Waals surface area contributed by atoms with E-state index in [-0.39, 0.29) is 49.5 Å². The minimum absolute atomic E-state index is 0.0613. The molecule has 450 valence electrons. The molecule has 2 aliphatic heterocycles. The summed E-state index contributed by atoms with van der Waals surface area (Å²) in [5.74, 6) is 3.05. The molecule has 0 bridgehead atoms. The average Bonchev–Trinajstić information content (AvgIpc) is 4.16. The molecule has 6 aromatic carbocycles. The lowest BCUT2D eigenvalue weighted by molar-refractivity contribution is -0.137. The SMILES string of the molecule is CC(C)COCC(Oc1cc(/C=C2\SC(=S)N(COC=O)C2=O)ccc1OCCc1ccc(F)cc1)c1ccccc1.COc1ccc(OCCc2ccc(F)cc2)c(OC(COCC(C)C)c2ccccc2)c1.O=COCN1C(=O)CSC1=S. The minimum Gasteiger partial charge on any atom is -0.497 e. The van der Waals surface area contributed by atoms with Gasteiger partial charge in [-0.2, -0.15) is 0 Å². The van der Waals surface area contributed by atoms with Gasteiger partial charge in [0, 0.05) is 32.1 Å².